The summed E-state index contributed by atoms with van der Waals surface area (Å²) >= 11 is 0. The molecule has 4 heteroatoms. The van der Waals surface area contributed by atoms with Gasteiger partial charge in [0, 0.05) is 12.3 Å². The molecule has 0 spiro atoms. The van der Waals surface area contributed by atoms with Crippen LogP contribution in [-0.2, 0) is 0 Å². The van der Waals surface area contributed by atoms with E-state index in [4.69, 9.17) is 4.74 Å². The largest absolute Gasteiger partial charge is 0.507 e. The maximum Gasteiger partial charge on any atom is 0.189 e. The summed E-state index contributed by atoms with van der Waals surface area (Å²) in [5.41, 5.74) is 0.927. The van der Waals surface area contributed by atoms with Crippen molar-refractivity contribution >= 4 is 11.9 Å². The molecule has 0 aliphatic rings. The van der Waals surface area contributed by atoms with Crippen LogP contribution in [0.5, 0.6) is 11.5 Å². The first-order valence-electron chi connectivity index (χ1n) is 7.15. The highest BCUT2D eigenvalue weighted by Gasteiger charge is 2.10. The van der Waals surface area contributed by atoms with Crippen molar-refractivity contribution in [1.82, 2.24) is 4.98 Å². The molecule has 0 unspecified atom stereocenters. The number of carbonyl (C=O) groups is 1. The summed E-state index contributed by atoms with van der Waals surface area (Å²) in [7, 11) is 0. The lowest BCUT2D eigenvalue weighted by atomic mass is 10.1. The predicted molar refractivity (Wildman–Crippen MR) is 86.0 cm³/mol. The van der Waals surface area contributed by atoms with Crippen LogP contribution in [0.15, 0.2) is 48.7 Å². The van der Waals surface area contributed by atoms with Crippen molar-refractivity contribution in [3.8, 4) is 11.5 Å². The SMILES string of the molecule is CC(C)COc1ccc(C(=O)C=Cc2ccccn2)c(O)c1. The Bertz CT molecular complexity index is 663. The molecule has 0 aliphatic carbocycles. The second-order valence-corrected chi connectivity index (χ2v) is 5.34. The molecular weight excluding hydrogens is 278 g/mol. The fraction of sp³-hybridized carbons (Fsp3) is 0.222. The van der Waals surface area contributed by atoms with Crippen LogP contribution in [0.2, 0.25) is 0 Å². The quantitative estimate of drug-likeness (QED) is 0.652. The molecule has 0 radical (unpaired) electrons. The van der Waals surface area contributed by atoms with Crippen molar-refractivity contribution < 1.29 is 14.6 Å². The lowest BCUT2D eigenvalue weighted by molar-refractivity contribution is 0.104. The van der Waals surface area contributed by atoms with Crippen molar-refractivity contribution in [3.05, 3.63) is 59.9 Å². The van der Waals surface area contributed by atoms with Gasteiger partial charge in [-0.1, -0.05) is 19.9 Å². The lowest BCUT2D eigenvalue weighted by Crippen LogP contribution is -2.04. The molecule has 0 atom stereocenters. The number of phenols is 1. The van der Waals surface area contributed by atoms with Gasteiger partial charge in [0.1, 0.15) is 11.5 Å². The summed E-state index contributed by atoms with van der Waals surface area (Å²) in [5, 5.41) is 9.97. The van der Waals surface area contributed by atoms with Gasteiger partial charge in [-0.05, 0) is 42.3 Å². The number of hydrogen-bond donors (Lipinski definition) is 1. The van der Waals surface area contributed by atoms with Gasteiger partial charge >= 0.3 is 0 Å². The second kappa shape index (κ2) is 7.41. The van der Waals surface area contributed by atoms with Crippen molar-refractivity contribution in [2.24, 2.45) is 5.92 Å². The van der Waals surface area contributed by atoms with Crippen LogP contribution in [0.4, 0.5) is 0 Å². The molecule has 1 N–H and O–H groups in total. The Kier molecular flexibility index (Phi) is 5.31. The van der Waals surface area contributed by atoms with E-state index in [9.17, 15) is 9.90 Å². The van der Waals surface area contributed by atoms with Crippen LogP contribution < -0.4 is 4.74 Å². The minimum atomic E-state index is -0.279. The first-order chi connectivity index (χ1) is 10.6. The van der Waals surface area contributed by atoms with Gasteiger partial charge in [-0.2, -0.15) is 0 Å². The van der Waals surface area contributed by atoms with Crippen LogP contribution in [0.1, 0.15) is 29.9 Å². The molecule has 22 heavy (non-hydrogen) atoms. The van der Waals surface area contributed by atoms with Crippen molar-refractivity contribution in [1.29, 1.82) is 0 Å². The molecule has 0 amide bonds. The lowest BCUT2D eigenvalue weighted by Gasteiger charge is -2.09. The number of ketones is 1. The van der Waals surface area contributed by atoms with Gasteiger partial charge in [0.05, 0.1) is 17.9 Å². The van der Waals surface area contributed by atoms with E-state index in [2.05, 4.69) is 4.98 Å². The van der Waals surface area contributed by atoms with E-state index in [0.29, 0.717) is 24.0 Å². The Hall–Kier alpha value is -2.62. The van der Waals surface area contributed by atoms with E-state index in [-0.39, 0.29) is 17.1 Å². The monoisotopic (exact) mass is 297 g/mol. The maximum absolute atomic E-state index is 12.1. The molecule has 114 valence electrons. The summed E-state index contributed by atoms with van der Waals surface area (Å²) in [4.78, 5) is 16.2. The molecule has 0 saturated carbocycles. The number of hydrogen-bond acceptors (Lipinski definition) is 4. The van der Waals surface area contributed by atoms with E-state index in [1.54, 1.807) is 36.5 Å². The Morgan fingerprint density at radius 1 is 1.32 bits per heavy atom. The number of pyridine rings is 1. The van der Waals surface area contributed by atoms with Crippen LogP contribution >= 0.6 is 0 Å². The third kappa shape index (κ3) is 4.45. The van der Waals surface area contributed by atoms with E-state index in [0.717, 1.165) is 0 Å². The zero-order valence-corrected chi connectivity index (χ0v) is 12.7. The second-order valence-electron chi connectivity index (χ2n) is 5.34. The van der Waals surface area contributed by atoms with E-state index in [1.807, 2.05) is 19.9 Å². The van der Waals surface area contributed by atoms with E-state index < -0.39 is 0 Å². The first-order valence-corrected chi connectivity index (χ1v) is 7.15. The Balaban J connectivity index is 2.08. The Morgan fingerprint density at radius 3 is 2.77 bits per heavy atom. The molecule has 1 aromatic carbocycles. The zero-order chi connectivity index (χ0) is 15.9. The van der Waals surface area contributed by atoms with Crippen molar-refractivity contribution in [2.75, 3.05) is 6.61 Å². The fourth-order valence-electron chi connectivity index (χ4n) is 1.80. The van der Waals surface area contributed by atoms with E-state index in [1.165, 1.54) is 12.1 Å². The summed E-state index contributed by atoms with van der Waals surface area (Å²) < 4.78 is 5.51. The highest BCUT2D eigenvalue weighted by Crippen LogP contribution is 2.24. The summed E-state index contributed by atoms with van der Waals surface area (Å²) in [6, 6.07) is 10.2. The smallest absolute Gasteiger partial charge is 0.189 e. The minimum absolute atomic E-state index is 0.0862. The molecule has 1 heterocycles. The number of nitrogens with zero attached hydrogens (tertiary/aromatic N) is 1. The average molecular weight is 297 g/mol. The summed E-state index contributed by atoms with van der Waals surface area (Å²) in [5.74, 6) is 0.580. The number of aromatic nitrogens is 1. The van der Waals surface area contributed by atoms with Crippen LogP contribution in [0, 0.1) is 5.92 Å². The van der Waals surface area contributed by atoms with Crippen LogP contribution in [0.25, 0.3) is 6.08 Å². The molecule has 2 aromatic rings. The number of allylic oxidation sites excluding steroid dienone is 1. The Labute approximate surface area is 130 Å². The first kappa shape index (κ1) is 15.8. The Morgan fingerprint density at radius 2 is 2.14 bits per heavy atom. The highest BCUT2D eigenvalue weighted by molar-refractivity contribution is 6.08. The van der Waals surface area contributed by atoms with E-state index >= 15 is 0 Å². The molecule has 2 rings (SSSR count). The van der Waals surface area contributed by atoms with Gasteiger partial charge < -0.3 is 9.84 Å². The highest BCUT2D eigenvalue weighted by atomic mass is 16.5. The topological polar surface area (TPSA) is 59.4 Å². The summed E-state index contributed by atoms with van der Waals surface area (Å²) in [6.45, 7) is 4.65. The van der Waals surface area contributed by atoms with Crippen LogP contribution in [0.3, 0.4) is 0 Å². The third-order valence-electron chi connectivity index (χ3n) is 2.91. The van der Waals surface area contributed by atoms with Gasteiger partial charge in [-0.25, -0.2) is 0 Å². The predicted octanol–water partition coefficient (Wildman–Crippen LogP) is 3.72. The van der Waals surface area contributed by atoms with Gasteiger partial charge in [0.2, 0.25) is 0 Å². The molecule has 0 fully saturated rings. The molecule has 4 nitrogen and oxygen atoms in total. The number of rotatable bonds is 6. The number of ether oxygens (including phenoxy) is 1. The number of carbonyl (C=O) groups excluding carboxylic acids is 1. The molecule has 0 bridgehead atoms. The van der Waals surface area contributed by atoms with Gasteiger partial charge in [-0.3, -0.25) is 9.78 Å². The minimum Gasteiger partial charge on any atom is -0.507 e. The van der Waals surface area contributed by atoms with Crippen molar-refractivity contribution in [3.63, 3.8) is 0 Å². The van der Waals surface area contributed by atoms with Gasteiger partial charge in [-0.15, -0.1) is 0 Å². The normalized spacial score (nSPS) is 11.0. The fourth-order valence-corrected chi connectivity index (χ4v) is 1.80. The third-order valence-corrected chi connectivity index (χ3v) is 2.91. The molecule has 0 saturated heterocycles. The molecule has 1 aromatic heterocycles. The maximum atomic E-state index is 12.1. The van der Waals surface area contributed by atoms with Gasteiger partial charge in [0.25, 0.3) is 0 Å². The molecule has 0 aliphatic heterocycles. The molecular formula is C18H19NO3. The van der Waals surface area contributed by atoms with Crippen molar-refractivity contribution in [2.45, 2.75) is 13.8 Å². The average Bonchev–Trinajstić information content (AvgIpc) is 2.51. The van der Waals surface area contributed by atoms with Gasteiger partial charge in [0.15, 0.2) is 5.78 Å². The number of phenolic OH excluding ortho intramolecular Hbond substituents is 1. The standard InChI is InChI=1S/C18H19NO3/c1-13(2)12-22-15-7-8-16(18(21)11-15)17(20)9-6-14-5-3-4-10-19-14/h3-11,13,21H,12H2,1-2H3. The summed E-state index contributed by atoms with van der Waals surface area (Å²) in [6.07, 6.45) is 4.67. The number of benzene rings is 1. The zero-order valence-electron chi connectivity index (χ0n) is 12.7. The number of aromatic hydroxyl groups is 1. The van der Waals surface area contributed by atoms with Crippen LogP contribution in [-0.4, -0.2) is 22.5 Å².